The molecular formula is C16H23BrN2O2. The van der Waals surface area contributed by atoms with Crippen molar-refractivity contribution >= 4 is 21.8 Å². The minimum absolute atomic E-state index is 0.0753. The fourth-order valence-corrected chi connectivity index (χ4v) is 3.05. The molecule has 0 radical (unpaired) electrons. The van der Waals surface area contributed by atoms with Gasteiger partial charge in [-0.05, 0) is 30.7 Å². The molecule has 1 N–H and O–H groups in total. The molecule has 1 amide bonds. The van der Waals surface area contributed by atoms with Crippen molar-refractivity contribution < 1.29 is 9.53 Å². The van der Waals surface area contributed by atoms with Crippen LogP contribution in [0.15, 0.2) is 28.7 Å². The molecule has 1 aromatic rings. The van der Waals surface area contributed by atoms with Crippen molar-refractivity contribution in [1.82, 2.24) is 10.2 Å². The minimum Gasteiger partial charge on any atom is -0.379 e. The fourth-order valence-electron chi connectivity index (χ4n) is 2.60. The highest BCUT2D eigenvalue weighted by atomic mass is 79.9. The number of carbonyl (C=O) groups excluding carboxylic acids is 1. The Bertz CT molecular complexity index is 481. The summed E-state index contributed by atoms with van der Waals surface area (Å²) in [4.78, 5) is 14.4. The number of halogens is 1. The number of benzene rings is 1. The van der Waals surface area contributed by atoms with Crippen LogP contribution in [0.5, 0.6) is 0 Å². The van der Waals surface area contributed by atoms with Crippen LogP contribution in [0.25, 0.3) is 0 Å². The van der Waals surface area contributed by atoms with E-state index >= 15 is 0 Å². The molecule has 5 heteroatoms. The van der Waals surface area contributed by atoms with E-state index in [0.29, 0.717) is 19.8 Å². The lowest BCUT2D eigenvalue weighted by Gasteiger charge is -2.24. The lowest BCUT2D eigenvalue weighted by atomic mass is 10.0. The van der Waals surface area contributed by atoms with Gasteiger partial charge in [-0.15, -0.1) is 0 Å². The summed E-state index contributed by atoms with van der Waals surface area (Å²) in [7, 11) is 1.86. The van der Waals surface area contributed by atoms with Gasteiger partial charge in [0, 0.05) is 24.1 Å². The normalized spacial score (nSPS) is 21.5. The molecule has 1 aliphatic heterocycles. The van der Waals surface area contributed by atoms with Crippen molar-refractivity contribution in [3.8, 4) is 0 Å². The quantitative estimate of drug-likeness (QED) is 0.852. The van der Waals surface area contributed by atoms with Crippen LogP contribution in [-0.2, 0) is 16.1 Å². The van der Waals surface area contributed by atoms with E-state index in [1.54, 1.807) is 4.90 Å². The number of hydrogen-bond acceptors (Lipinski definition) is 3. The first-order valence-electron chi connectivity index (χ1n) is 7.42. The summed E-state index contributed by atoms with van der Waals surface area (Å²) in [5.74, 6) is 0.0785. The smallest absolute Gasteiger partial charge is 0.229 e. The number of hydrogen-bond donors (Lipinski definition) is 1. The van der Waals surface area contributed by atoms with Crippen LogP contribution in [0.4, 0.5) is 0 Å². The van der Waals surface area contributed by atoms with Crippen LogP contribution >= 0.6 is 15.9 Å². The van der Waals surface area contributed by atoms with Gasteiger partial charge in [0.25, 0.3) is 0 Å². The van der Waals surface area contributed by atoms with E-state index in [1.165, 1.54) is 0 Å². The maximum absolute atomic E-state index is 12.6. The maximum Gasteiger partial charge on any atom is 0.229 e. The molecule has 1 fully saturated rings. The molecule has 0 bridgehead atoms. The van der Waals surface area contributed by atoms with Gasteiger partial charge in [0.2, 0.25) is 5.91 Å². The third-order valence-corrected chi connectivity index (χ3v) is 4.23. The standard InChI is InChI=1S/C16H23BrN2O2/c1-3-7-18-15-11-21-10-14(15)16(20)19(2)9-12-5-4-6-13(17)8-12/h4-6,8,14-15,18H,3,7,9-11H2,1-2H3. The first-order valence-corrected chi connectivity index (χ1v) is 8.21. The van der Waals surface area contributed by atoms with Gasteiger partial charge in [0.1, 0.15) is 0 Å². The summed E-state index contributed by atoms with van der Waals surface area (Å²) >= 11 is 3.46. The first kappa shape index (κ1) is 16.5. The summed E-state index contributed by atoms with van der Waals surface area (Å²) < 4.78 is 6.52. The van der Waals surface area contributed by atoms with Crippen LogP contribution in [-0.4, -0.2) is 43.7 Å². The Morgan fingerprint density at radius 3 is 3.00 bits per heavy atom. The zero-order valence-corrected chi connectivity index (χ0v) is 14.2. The van der Waals surface area contributed by atoms with Crippen LogP contribution < -0.4 is 5.32 Å². The summed E-state index contributed by atoms with van der Waals surface area (Å²) in [6, 6.07) is 8.19. The minimum atomic E-state index is -0.0753. The van der Waals surface area contributed by atoms with E-state index < -0.39 is 0 Å². The third kappa shape index (κ3) is 4.53. The number of nitrogens with zero attached hydrogens (tertiary/aromatic N) is 1. The zero-order valence-electron chi connectivity index (χ0n) is 12.6. The Balaban J connectivity index is 1.95. The van der Waals surface area contributed by atoms with E-state index in [4.69, 9.17) is 4.74 Å². The van der Waals surface area contributed by atoms with Gasteiger partial charge in [-0.1, -0.05) is 35.0 Å². The van der Waals surface area contributed by atoms with E-state index in [2.05, 4.69) is 28.2 Å². The van der Waals surface area contributed by atoms with Crippen molar-refractivity contribution in [3.05, 3.63) is 34.3 Å². The van der Waals surface area contributed by atoms with E-state index in [9.17, 15) is 4.79 Å². The molecule has 1 saturated heterocycles. The van der Waals surface area contributed by atoms with Crippen molar-refractivity contribution in [2.75, 3.05) is 26.8 Å². The first-order chi connectivity index (χ1) is 10.1. The van der Waals surface area contributed by atoms with Gasteiger partial charge in [0.05, 0.1) is 19.1 Å². The second-order valence-corrected chi connectivity index (χ2v) is 6.44. The monoisotopic (exact) mass is 354 g/mol. The number of rotatable bonds is 6. The molecule has 2 rings (SSSR count). The second kappa shape index (κ2) is 7.92. The van der Waals surface area contributed by atoms with Crippen molar-refractivity contribution in [2.24, 2.45) is 5.92 Å². The fraction of sp³-hybridized carbons (Fsp3) is 0.562. The molecule has 21 heavy (non-hydrogen) atoms. The zero-order chi connectivity index (χ0) is 15.2. The number of nitrogens with one attached hydrogen (secondary N) is 1. The van der Waals surface area contributed by atoms with Gasteiger partial charge < -0.3 is 15.0 Å². The Hall–Kier alpha value is -0.910. The van der Waals surface area contributed by atoms with E-state index in [0.717, 1.165) is 23.0 Å². The Labute approximate surface area is 135 Å². The third-order valence-electron chi connectivity index (χ3n) is 3.74. The summed E-state index contributed by atoms with van der Waals surface area (Å²) in [6.07, 6.45) is 1.06. The van der Waals surface area contributed by atoms with Crippen LogP contribution in [0, 0.1) is 5.92 Å². The SMILES string of the molecule is CCCNC1COCC1C(=O)N(C)Cc1cccc(Br)c1. The highest BCUT2D eigenvalue weighted by Crippen LogP contribution is 2.18. The van der Waals surface area contributed by atoms with Gasteiger partial charge >= 0.3 is 0 Å². The van der Waals surface area contributed by atoms with E-state index in [1.807, 2.05) is 31.3 Å². The van der Waals surface area contributed by atoms with Gasteiger partial charge in [0.15, 0.2) is 0 Å². The molecule has 4 nitrogen and oxygen atoms in total. The lowest BCUT2D eigenvalue weighted by molar-refractivity contribution is -0.135. The Kier molecular flexibility index (Phi) is 6.21. The van der Waals surface area contributed by atoms with Gasteiger partial charge in [-0.3, -0.25) is 4.79 Å². The predicted molar refractivity (Wildman–Crippen MR) is 87.0 cm³/mol. The van der Waals surface area contributed by atoms with Crippen LogP contribution in [0.3, 0.4) is 0 Å². The molecule has 2 unspecified atom stereocenters. The highest BCUT2D eigenvalue weighted by Gasteiger charge is 2.35. The summed E-state index contributed by atoms with van der Waals surface area (Å²) in [5, 5.41) is 3.41. The second-order valence-electron chi connectivity index (χ2n) is 5.53. The largest absolute Gasteiger partial charge is 0.379 e. The summed E-state index contributed by atoms with van der Waals surface area (Å²) in [6.45, 7) is 4.81. The molecular weight excluding hydrogens is 332 g/mol. The lowest BCUT2D eigenvalue weighted by Crippen LogP contribution is -2.44. The molecule has 1 heterocycles. The molecule has 2 atom stereocenters. The molecule has 1 aromatic carbocycles. The van der Waals surface area contributed by atoms with Crippen molar-refractivity contribution in [3.63, 3.8) is 0 Å². The van der Waals surface area contributed by atoms with Crippen LogP contribution in [0.2, 0.25) is 0 Å². The summed E-state index contributed by atoms with van der Waals surface area (Å²) in [5.41, 5.74) is 1.12. The van der Waals surface area contributed by atoms with Crippen LogP contribution in [0.1, 0.15) is 18.9 Å². The maximum atomic E-state index is 12.6. The molecule has 0 aromatic heterocycles. The topological polar surface area (TPSA) is 41.6 Å². The average Bonchev–Trinajstić information content (AvgIpc) is 2.92. The number of amides is 1. The molecule has 0 saturated carbocycles. The Morgan fingerprint density at radius 1 is 1.48 bits per heavy atom. The highest BCUT2D eigenvalue weighted by molar-refractivity contribution is 9.10. The number of carbonyl (C=O) groups is 1. The van der Waals surface area contributed by atoms with Gasteiger partial charge in [-0.2, -0.15) is 0 Å². The molecule has 116 valence electrons. The van der Waals surface area contributed by atoms with Crippen molar-refractivity contribution in [2.45, 2.75) is 25.9 Å². The van der Waals surface area contributed by atoms with Gasteiger partial charge in [-0.25, -0.2) is 0 Å². The van der Waals surface area contributed by atoms with E-state index in [-0.39, 0.29) is 17.9 Å². The predicted octanol–water partition coefficient (Wildman–Crippen LogP) is 2.42. The molecule has 0 aliphatic carbocycles. The average molecular weight is 355 g/mol. The Morgan fingerprint density at radius 2 is 2.29 bits per heavy atom. The number of ether oxygens (including phenoxy) is 1. The van der Waals surface area contributed by atoms with Crippen molar-refractivity contribution in [1.29, 1.82) is 0 Å². The molecule has 1 aliphatic rings. The molecule has 0 spiro atoms.